The van der Waals surface area contributed by atoms with E-state index >= 15 is 0 Å². The summed E-state index contributed by atoms with van der Waals surface area (Å²) in [6.45, 7) is 3.77. The van der Waals surface area contributed by atoms with Gasteiger partial charge in [-0.05, 0) is 23.2 Å². The van der Waals surface area contributed by atoms with Crippen LogP contribution in [0.25, 0.3) is 55.6 Å². The van der Waals surface area contributed by atoms with Gasteiger partial charge in [-0.25, -0.2) is 0 Å². The fourth-order valence-electron chi connectivity index (χ4n) is 5.17. The molecule has 0 spiro atoms. The van der Waals surface area contributed by atoms with Crippen LogP contribution in [0.5, 0.6) is 0 Å². The molecule has 3 aromatic heterocycles. The van der Waals surface area contributed by atoms with Gasteiger partial charge in [0.05, 0.1) is 5.58 Å². The average Bonchev–Trinajstić information content (AvgIpc) is 3.43. The summed E-state index contributed by atoms with van der Waals surface area (Å²) in [4.78, 5) is 9.05. The first-order valence-corrected chi connectivity index (χ1v) is 22.3. The van der Waals surface area contributed by atoms with Crippen LogP contribution in [-0.2, 0) is 20.1 Å². The number of fused-ring (bicyclic) bond motifs is 3. The van der Waals surface area contributed by atoms with Crippen LogP contribution >= 0.6 is 0 Å². The number of rotatable bonds is 5. The maximum atomic E-state index is 8.30. The molecule has 0 N–H and O–H groups in total. The number of pyridine rings is 2. The third kappa shape index (κ3) is 7.36. The predicted octanol–water partition coefficient (Wildman–Crippen LogP) is 10.3. The molecular weight excluding hydrogens is 789 g/mol. The third-order valence-electron chi connectivity index (χ3n) is 7.74. The molecule has 3 nitrogen and oxygen atoms in total. The first-order valence-electron chi connectivity index (χ1n) is 15.4. The molecule has 0 atom stereocenters. The zero-order valence-corrected chi connectivity index (χ0v) is 30.7. The van der Waals surface area contributed by atoms with E-state index in [2.05, 4.69) is 87.9 Å². The predicted molar refractivity (Wildman–Crippen MR) is 187 cm³/mol. The van der Waals surface area contributed by atoms with Crippen molar-refractivity contribution in [3.63, 3.8) is 0 Å². The second-order valence-electron chi connectivity index (χ2n) is 12.2. The maximum absolute atomic E-state index is 8.30. The second-order valence-corrected chi connectivity index (χ2v) is 22.8. The molecule has 0 saturated heterocycles. The quantitative estimate of drug-likeness (QED) is 0.128. The van der Waals surface area contributed by atoms with Gasteiger partial charge >= 0.3 is 99.8 Å². The molecule has 0 aliphatic carbocycles. The van der Waals surface area contributed by atoms with E-state index in [1.165, 1.54) is 4.40 Å². The number of furan rings is 1. The molecular formula is C40H36GeIrN2O-2. The van der Waals surface area contributed by atoms with Crippen LogP contribution in [0.4, 0.5) is 0 Å². The molecule has 0 fully saturated rings. The minimum Gasteiger partial charge on any atom is 0 e. The van der Waals surface area contributed by atoms with Crippen molar-refractivity contribution in [3.8, 4) is 33.6 Å². The van der Waals surface area contributed by atoms with Crippen molar-refractivity contribution in [3.05, 3.63) is 139 Å². The Morgan fingerprint density at radius 2 is 1.56 bits per heavy atom. The van der Waals surface area contributed by atoms with Gasteiger partial charge in [-0.15, -0.1) is 23.8 Å². The number of aromatic nitrogens is 2. The number of nitrogens with zero attached hydrogens (tertiary/aromatic N) is 2. The van der Waals surface area contributed by atoms with E-state index in [-0.39, 0.29) is 20.1 Å². The van der Waals surface area contributed by atoms with E-state index in [4.69, 9.17) is 5.79 Å². The van der Waals surface area contributed by atoms with Gasteiger partial charge in [-0.1, -0.05) is 79.4 Å². The van der Waals surface area contributed by atoms with Crippen LogP contribution in [0.3, 0.4) is 0 Å². The summed E-state index contributed by atoms with van der Waals surface area (Å²) in [5, 5.41) is 2.12. The van der Waals surface area contributed by atoms with Crippen LogP contribution in [-0.4, -0.2) is 23.2 Å². The summed E-state index contributed by atoms with van der Waals surface area (Å²) in [6, 6.07) is 43.2. The maximum Gasteiger partial charge on any atom is 0 e. The van der Waals surface area contributed by atoms with E-state index in [9.17, 15) is 0 Å². The van der Waals surface area contributed by atoms with Gasteiger partial charge in [0.1, 0.15) is 5.58 Å². The molecule has 0 aliphatic heterocycles. The number of hydrogen-bond donors (Lipinski definition) is 0. The third-order valence-corrected chi connectivity index (χ3v) is 12.0. The standard InChI is InChI=1S/C26H20NO.C14H16GeN.Ir/c1-17(2)19-13-14-27-24(16-19)20-11-12-25-23(15-20)22-10-6-9-21(26(22)28-25)18-7-4-3-5-8-18;1-15(2,3)13-9-10-14(16-11-13)12-7-5-4-6-8-12;/h3-10,12-17H,1-2H3;4-7,9-11H,1-3H3;/q2*-1;/i17D;;. The molecule has 0 aliphatic rings. The van der Waals surface area contributed by atoms with E-state index in [1.54, 1.807) is 6.20 Å². The van der Waals surface area contributed by atoms with E-state index in [0.717, 1.165) is 61.1 Å². The SMILES string of the molecule is [2H]C(C)(C)c1ccnc(-c2[c-]cc3oc4c(-c5ccccc5)cccc4c3c2)c1.[CH3][Ge]([CH3])([CH3])[c]1ccc(-c2[c-]cccc2)nc1.[Ir]. The van der Waals surface area contributed by atoms with Crippen LogP contribution in [0.15, 0.2) is 126 Å². The summed E-state index contributed by atoms with van der Waals surface area (Å²) >= 11 is -1.72. The molecule has 5 heteroatoms. The summed E-state index contributed by atoms with van der Waals surface area (Å²) in [5.41, 5.74) is 8.63. The average molecular weight is 827 g/mol. The molecule has 3 heterocycles. The molecule has 0 bridgehead atoms. The monoisotopic (exact) mass is 828 g/mol. The van der Waals surface area contributed by atoms with Gasteiger partial charge in [0.2, 0.25) is 0 Å². The van der Waals surface area contributed by atoms with E-state index in [1.807, 2.05) is 80.7 Å². The Kier molecular flexibility index (Phi) is 9.75. The zero-order chi connectivity index (χ0) is 31.6. The molecule has 227 valence electrons. The van der Waals surface area contributed by atoms with Crippen molar-refractivity contribution in [1.82, 2.24) is 9.97 Å². The summed E-state index contributed by atoms with van der Waals surface area (Å²) in [7, 11) is 0. The van der Waals surface area contributed by atoms with Crippen LogP contribution in [0, 0.1) is 12.1 Å². The first-order chi connectivity index (χ1) is 21.6. The van der Waals surface area contributed by atoms with Gasteiger partial charge in [-0.2, -0.15) is 0 Å². The van der Waals surface area contributed by atoms with Crippen molar-refractivity contribution < 1.29 is 25.9 Å². The Morgan fingerprint density at radius 1 is 0.756 bits per heavy atom. The number of para-hydroxylation sites is 1. The number of benzene rings is 4. The topological polar surface area (TPSA) is 38.9 Å². The molecule has 45 heavy (non-hydrogen) atoms. The van der Waals surface area contributed by atoms with Crippen molar-refractivity contribution in [1.29, 1.82) is 0 Å². The van der Waals surface area contributed by atoms with E-state index in [0.29, 0.717) is 0 Å². The largest absolute Gasteiger partial charge is 0 e. The van der Waals surface area contributed by atoms with Gasteiger partial charge in [0.25, 0.3) is 0 Å². The smallest absolute Gasteiger partial charge is 0 e. The van der Waals surface area contributed by atoms with Crippen LogP contribution in [0.1, 0.15) is 26.7 Å². The summed E-state index contributed by atoms with van der Waals surface area (Å²) in [6.07, 6.45) is 3.80. The second kappa shape index (κ2) is 14.1. The fraction of sp³-hybridized carbons (Fsp3) is 0.150. The number of hydrogen-bond acceptors (Lipinski definition) is 3. The molecule has 0 unspecified atom stereocenters. The minimum absolute atomic E-state index is 0. The minimum atomic E-state index is -1.72. The molecule has 7 rings (SSSR count). The Hall–Kier alpha value is -3.83. The van der Waals surface area contributed by atoms with Crippen LogP contribution in [0.2, 0.25) is 17.3 Å². The molecule has 0 amide bonds. The molecule has 7 aromatic rings. The summed E-state index contributed by atoms with van der Waals surface area (Å²) in [5.74, 6) is 6.47. The van der Waals surface area contributed by atoms with Gasteiger partial charge < -0.3 is 9.40 Å². The van der Waals surface area contributed by atoms with Gasteiger partial charge in [0.15, 0.2) is 0 Å². The Bertz CT molecular complexity index is 2060. The van der Waals surface area contributed by atoms with Crippen LogP contribution < -0.4 is 4.40 Å². The van der Waals surface area contributed by atoms with Gasteiger partial charge in [0, 0.05) is 38.6 Å². The first kappa shape index (κ1) is 31.2. The molecule has 1 radical (unpaired) electrons. The Morgan fingerprint density at radius 3 is 2.24 bits per heavy atom. The molecule has 0 saturated carbocycles. The zero-order valence-electron chi connectivity index (χ0n) is 27.2. The molecule has 4 aromatic carbocycles. The Labute approximate surface area is 283 Å². The van der Waals surface area contributed by atoms with Crippen molar-refractivity contribution >= 4 is 39.6 Å². The van der Waals surface area contributed by atoms with Crippen molar-refractivity contribution in [2.24, 2.45) is 0 Å². The Balaban J connectivity index is 0.000000209. The van der Waals surface area contributed by atoms with Gasteiger partial charge in [-0.3, -0.25) is 0 Å². The summed E-state index contributed by atoms with van der Waals surface area (Å²) < 4.78 is 16.0. The normalized spacial score (nSPS) is 11.8. The van der Waals surface area contributed by atoms with Crippen molar-refractivity contribution in [2.45, 2.75) is 37.0 Å². The van der Waals surface area contributed by atoms with Crippen molar-refractivity contribution in [2.75, 3.05) is 0 Å². The van der Waals surface area contributed by atoms with E-state index < -0.39 is 19.2 Å². The fourth-order valence-corrected chi connectivity index (χ4v) is 7.35.